The van der Waals surface area contributed by atoms with Gasteiger partial charge in [0.2, 0.25) is 10.0 Å². The molecule has 0 spiro atoms. The molecule has 0 saturated carbocycles. The lowest BCUT2D eigenvalue weighted by Gasteiger charge is -2.19. The van der Waals surface area contributed by atoms with Crippen LogP contribution in [0, 0.1) is 0 Å². The highest BCUT2D eigenvalue weighted by Crippen LogP contribution is 2.29. The second-order valence-electron chi connectivity index (χ2n) is 6.04. The van der Waals surface area contributed by atoms with Crippen LogP contribution in [0.25, 0.3) is 0 Å². The summed E-state index contributed by atoms with van der Waals surface area (Å²) in [6, 6.07) is 6.79. The van der Waals surface area contributed by atoms with E-state index in [1.165, 1.54) is 0 Å². The van der Waals surface area contributed by atoms with Crippen LogP contribution in [0.15, 0.2) is 36.7 Å². The van der Waals surface area contributed by atoms with E-state index in [0.717, 1.165) is 12.1 Å². The maximum Gasteiger partial charge on any atom is 0.216 e. The number of nitrogens with one attached hydrogen (secondary N) is 1. The van der Waals surface area contributed by atoms with Gasteiger partial charge in [0.05, 0.1) is 25.1 Å². The zero-order valence-electron chi connectivity index (χ0n) is 14.4. The van der Waals surface area contributed by atoms with Gasteiger partial charge in [0, 0.05) is 24.9 Å². The van der Waals surface area contributed by atoms with Gasteiger partial charge < -0.3 is 9.47 Å². The van der Waals surface area contributed by atoms with Crippen molar-refractivity contribution < 1.29 is 17.9 Å². The lowest BCUT2D eigenvalue weighted by atomic mass is 10.1. The molecule has 7 nitrogen and oxygen atoms in total. The fourth-order valence-corrected chi connectivity index (χ4v) is 4.40. The summed E-state index contributed by atoms with van der Waals surface area (Å²) in [4.78, 5) is 0. The number of rotatable bonds is 7. The van der Waals surface area contributed by atoms with E-state index in [1.807, 2.05) is 13.1 Å². The Labute approximate surface area is 148 Å². The Morgan fingerprint density at radius 2 is 2.28 bits per heavy atom. The number of ether oxygens (including phenoxy) is 2. The summed E-state index contributed by atoms with van der Waals surface area (Å²) in [5.74, 6) is 0.545. The Hall–Kier alpha value is -1.90. The third kappa shape index (κ3) is 4.39. The maximum absolute atomic E-state index is 12.6. The molecule has 8 heteroatoms. The van der Waals surface area contributed by atoms with Crippen molar-refractivity contribution in [2.24, 2.45) is 0 Å². The van der Waals surface area contributed by atoms with Gasteiger partial charge in [0.15, 0.2) is 0 Å². The molecule has 0 unspecified atom stereocenters. The molecule has 1 aromatic carbocycles. The number of hydrogen-bond donors (Lipinski definition) is 1. The number of hydrogen-bond acceptors (Lipinski definition) is 5. The van der Waals surface area contributed by atoms with Crippen LogP contribution in [0.1, 0.15) is 30.6 Å². The highest BCUT2D eigenvalue weighted by Gasteiger charge is 2.33. The monoisotopic (exact) mass is 365 g/mol. The molecule has 1 N–H and O–H groups in total. The van der Waals surface area contributed by atoms with E-state index in [0.29, 0.717) is 24.3 Å². The van der Waals surface area contributed by atoms with Crippen LogP contribution in [0.5, 0.6) is 5.75 Å². The summed E-state index contributed by atoms with van der Waals surface area (Å²) < 4.78 is 40.6. The van der Waals surface area contributed by atoms with Crippen LogP contribution >= 0.6 is 0 Å². The number of sulfonamides is 1. The van der Waals surface area contributed by atoms with Crippen molar-refractivity contribution in [1.82, 2.24) is 14.5 Å². The zero-order chi connectivity index (χ0) is 17.9. The molecule has 2 heterocycles. The van der Waals surface area contributed by atoms with Gasteiger partial charge in [0.1, 0.15) is 11.9 Å². The molecule has 0 aliphatic carbocycles. The van der Waals surface area contributed by atoms with Crippen LogP contribution < -0.4 is 9.46 Å². The highest BCUT2D eigenvalue weighted by atomic mass is 32.2. The summed E-state index contributed by atoms with van der Waals surface area (Å²) in [5, 5.41) is 4.24. The smallest absolute Gasteiger partial charge is 0.216 e. The second kappa shape index (κ2) is 7.55. The minimum Gasteiger partial charge on any atom is -0.497 e. The van der Waals surface area contributed by atoms with E-state index in [4.69, 9.17) is 9.47 Å². The Bertz CT molecular complexity index is 819. The maximum atomic E-state index is 12.6. The molecule has 2 atom stereocenters. The standard InChI is InChI=1S/C17H23N3O4S/c1-3-20-11-14(10-18-20)17-16(7-8-24-17)19-25(21,22)12-13-5-4-6-15(9-13)23-2/h4-6,9-11,16-17,19H,3,7-8,12H2,1-2H3/t16-,17+/m0/s1. The largest absolute Gasteiger partial charge is 0.497 e. The van der Waals surface area contributed by atoms with Gasteiger partial charge in [-0.3, -0.25) is 4.68 Å². The number of nitrogens with zero attached hydrogens (tertiary/aromatic N) is 2. The van der Waals surface area contributed by atoms with Gasteiger partial charge in [-0.05, 0) is 31.0 Å². The molecule has 1 aliphatic rings. The van der Waals surface area contributed by atoms with Crippen LogP contribution in [0.3, 0.4) is 0 Å². The second-order valence-corrected chi connectivity index (χ2v) is 7.80. The summed E-state index contributed by atoms with van der Waals surface area (Å²) in [6.07, 6.45) is 3.97. The van der Waals surface area contributed by atoms with Gasteiger partial charge in [-0.15, -0.1) is 0 Å². The van der Waals surface area contributed by atoms with Gasteiger partial charge in [0.25, 0.3) is 0 Å². The van der Waals surface area contributed by atoms with E-state index in [2.05, 4.69) is 9.82 Å². The number of benzene rings is 1. The van der Waals surface area contributed by atoms with E-state index in [-0.39, 0.29) is 17.9 Å². The van der Waals surface area contributed by atoms with Crippen molar-refractivity contribution in [3.8, 4) is 5.75 Å². The Balaban J connectivity index is 1.70. The normalized spacial score (nSPS) is 20.7. The molecular weight excluding hydrogens is 342 g/mol. The molecule has 3 rings (SSSR count). The predicted molar refractivity (Wildman–Crippen MR) is 93.8 cm³/mol. The molecule has 2 aromatic rings. The van der Waals surface area contributed by atoms with Crippen molar-refractivity contribution in [2.45, 2.75) is 37.8 Å². The van der Waals surface area contributed by atoms with Crippen molar-refractivity contribution >= 4 is 10.0 Å². The lowest BCUT2D eigenvalue weighted by molar-refractivity contribution is 0.102. The van der Waals surface area contributed by atoms with Crippen molar-refractivity contribution in [1.29, 1.82) is 0 Å². The molecule has 25 heavy (non-hydrogen) atoms. The summed E-state index contributed by atoms with van der Waals surface area (Å²) in [6.45, 7) is 3.29. The molecular formula is C17H23N3O4S. The summed E-state index contributed by atoms with van der Waals surface area (Å²) in [5.41, 5.74) is 1.58. The summed E-state index contributed by atoms with van der Waals surface area (Å²) in [7, 11) is -1.94. The van der Waals surface area contributed by atoms with Crippen LogP contribution in [0.4, 0.5) is 0 Å². The molecule has 0 radical (unpaired) electrons. The van der Waals surface area contributed by atoms with Gasteiger partial charge >= 0.3 is 0 Å². The van der Waals surface area contributed by atoms with E-state index < -0.39 is 10.0 Å². The van der Waals surface area contributed by atoms with Gasteiger partial charge in [-0.25, -0.2) is 13.1 Å². The number of aryl methyl sites for hydroxylation is 1. The van der Waals surface area contributed by atoms with E-state index >= 15 is 0 Å². The fourth-order valence-electron chi connectivity index (χ4n) is 2.99. The Morgan fingerprint density at radius 1 is 1.44 bits per heavy atom. The Kier molecular flexibility index (Phi) is 5.41. The molecule has 1 aromatic heterocycles. The first kappa shape index (κ1) is 17.9. The van der Waals surface area contributed by atoms with Crippen LogP contribution in [-0.2, 0) is 27.1 Å². The topological polar surface area (TPSA) is 82.5 Å². The van der Waals surface area contributed by atoms with Crippen molar-refractivity contribution in [3.05, 3.63) is 47.8 Å². The fraction of sp³-hybridized carbons (Fsp3) is 0.471. The molecule has 1 saturated heterocycles. The minimum atomic E-state index is -3.50. The van der Waals surface area contributed by atoms with Gasteiger partial charge in [-0.1, -0.05) is 12.1 Å². The Morgan fingerprint density at radius 3 is 3.00 bits per heavy atom. The molecule has 1 fully saturated rings. The highest BCUT2D eigenvalue weighted by molar-refractivity contribution is 7.88. The van der Waals surface area contributed by atoms with Gasteiger partial charge in [-0.2, -0.15) is 5.10 Å². The summed E-state index contributed by atoms with van der Waals surface area (Å²) >= 11 is 0. The third-order valence-corrected chi connectivity index (χ3v) is 5.59. The molecule has 0 amide bonds. The molecule has 136 valence electrons. The minimum absolute atomic E-state index is 0.0956. The number of methoxy groups -OCH3 is 1. The third-order valence-electron chi connectivity index (χ3n) is 4.22. The van der Waals surface area contributed by atoms with E-state index in [1.54, 1.807) is 42.3 Å². The number of aromatic nitrogens is 2. The quantitative estimate of drug-likeness (QED) is 0.810. The first-order chi connectivity index (χ1) is 12.0. The van der Waals surface area contributed by atoms with Crippen LogP contribution in [-0.4, -0.2) is 38.0 Å². The molecule has 1 aliphatic heterocycles. The average molecular weight is 365 g/mol. The average Bonchev–Trinajstić information content (AvgIpc) is 3.22. The lowest BCUT2D eigenvalue weighted by Crippen LogP contribution is -2.37. The SMILES string of the molecule is CCn1cc([C@H]2OCC[C@@H]2NS(=O)(=O)Cc2cccc(OC)c2)cn1. The van der Waals surface area contributed by atoms with Crippen LogP contribution in [0.2, 0.25) is 0 Å². The first-order valence-electron chi connectivity index (χ1n) is 8.27. The van der Waals surface area contributed by atoms with Crippen molar-refractivity contribution in [3.63, 3.8) is 0 Å². The van der Waals surface area contributed by atoms with E-state index in [9.17, 15) is 8.42 Å². The first-order valence-corrected chi connectivity index (χ1v) is 9.93. The molecule has 0 bridgehead atoms. The predicted octanol–water partition coefficient (Wildman–Crippen LogP) is 1.86. The zero-order valence-corrected chi connectivity index (χ0v) is 15.2. The van der Waals surface area contributed by atoms with Crippen molar-refractivity contribution in [2.75, 3.05) is 13.7 Å².